The van der Waals surface area contributed by atoms with Gasteiger partial charge in [0.2, 0.25) is 5.91 Å². The van der Waals surface area contributed by atoms with Crippen LogP contribution in [0.1, 0.15) is 26.7 Å². The molecule has 0 aromatic heterocycles. The van der Waals surface area contributed by atoms with Crippen LogP contribution in [0.25, 0.3) is 0 Å². The minimum absolute atomic E-state index is 0.000769. The molecule has 8 heteroatoms. The lowest BCUT2D eigenvalue weighted by atomic mass is 9.94. The van der Waals surface area contributed by atoms with Gasteiger partial charge in [-0.15, -0.1) is 0 Å². The number of hydrogen-bond donors (Lipinski definition) is 4. The van der Waals surface area contributed by atoms with Crippen LogP contribution in [0.4, 0.5) is 4.79 Å². The van der Waals surface area contributed by atoms with E-state index in [-0.39, 0.29) is 18.2 Å². The Morgan fingerprint density at radius 3 is 2.55 bits per heavy atom. The Labute approximate surface area is 117 Å². The molecule has 1 aliphatic heterocycles. The second-order valence-corrected chi connectivity index (χ2v) is 5.30. The number of carbonyl (C=O) groups is 3. The van der Waals surface area contributed by atoms with Gasteiger partial charge in [-0.25, -0.2) is 4.79 Å². The lowest BCUT2D eigenvalue weighted by Crippen LogP contribution is -2.50. The largest absolute Gasteiger partial charge is 0.480 e. The van der Waals surface area contributed by atoms with Gasteiger partial charge in [0.25, 0.3) is 0 Å². The van der Waals surface area contributed by atoms with Crippen LogP contribution >= 0.6 is 0 Å². The van der Waals surface area contributed by atoms with Crippen LogP contribution in [0.2, 0.25) is 0 Å². The van der Waals surface area contributed by atoms with E-state index in [0.29, 0.717) is 13.0 Å². The molecule has 1 rings (SSSR count). The quantitative estimate of drug-likeness (QED) is 0.541. The number of nitrogens with one attached hydrogen (secondary N) is 3. The van der Waals surface area contributed by atoms with E-state index in [2.05, 4.69) is 16.0 Å². The number of amides is 3. The fourth-order valence-electron chi connectivity index (χ4n) is 1.99. The Bertz CT molecular complexity index is 383. The molecule has 1 atom stereocenters. The number of urea groups is 1. The summed E-state index contributed by atoms with van der Waals surface area (Å²) in [5.41, 5.74) is -0.269. The van der Waals surface area contributed by atoms with Crippen molar-refractivity contribution in [3.05, 3.63) is 0 Å². The summed E-state index contributed by atoms with van der Waals surface area (Å²) in [6.45, 7) is 3.77. The van der Waals surface area contributed by atoms with Crippen molar-refractivity contribution >= 4 is 17.9 Å². The number of aliphatic carboxylic acids is 1. The van der Waals surface area contributed by atoms with Crippen molar-refractivity contribution in [3.63, 3.8) is 0 Å². The number of rotatable bonds is 5. The highest BCUT2D eigenvalue weighted by atomic mass is 16.5. The molecular formula is C12H21N3O5. The van der Waals surface area contributed by atoms with Gasteiger partial charge in [0.15, 0.2) is 0 Å². The van der Waals surface area contributed by atoms with Crippen molar-refractivity contribution < 1.29 is 24.2 Å². The zero-order valence-corrected chi connectivity index (χ0v) is 11.7. The summed E-state index contributed by atoms with van der Waals surface area (Å²) in [4.78, 5) is 33.1. The molecule has 0 aliphatic carbocycles. The molecule has 3 amide bonds. The van der Waals surface area contributed by atoms with E-state index in [9.17, 15) is 14.4 Å². The zero-order valence-electron chi connectivity index (χ0n) is 11.7. The first-order valence-electron chi connectivity index (χ1n) is 6.45. The summed E-state index contributed by atoms with van der Waals surface area (Å²) < 4.78 is 5.54. The van der Waals surface area contributed by atoms with E-state index in [1.165, 1.54) is 0 Å². The monoisotopic (exact) mass is 287 g/mol. The van der Waals surface area contributed by atoms with Crippen LogP contribution in [-0.4, -0.2) is 54.4 Å². The molecule has 114 valence electrons. The fourth-order valence-corrected chi connectivity index (χ4v) is 1.99. The Kier molecular flexibility index (Phi) is 5.75. The molecule has 20 heavy (non-hydrogen) atoms. The maximum Gasteiger partial charge on any atom is 0.322 e. The van der Waals surface area contributed by atoms with Gasteiger partial charge in [-0.05, 0) is 26.7 Å². The van der Waals surface area contributed by atoms with Crippen LogP contribution in [0, 0.1) is 0 Å². The van der Waals surface area contributed by atoms with Gasteiger partial charge in [-0.1, -0.05) is 0 Å². The average molecular weight is 287 g/mol. The Morgan fingerprint density at radius 1 is 1.25 bits per heavy atom. The Morgan fingerprint density at radius 2 is 1.95 bits per heavy atom. The Hall–Kier alpha value is -1.83. The van der Waals surface area contributed by atoms with E-state index >= 15 is 0 Å². The predicted molar refractivity (Wildman–Crippen MR) is 70.2 cm³/mol. The van der Waals surface area contributed by atoms with Crippen molar-refractivity contribution in [2.75, 3.05) is 19.7 Å². The summed E-state index contributed by atoms with van der Waals surface area (Å²) in [7, 11) is 0. The maximum atomic E-state index is 11.6. The van der Waals surface area contributed by atoms with Gasteiger partial charge in [0, 0.05) is 12.6 Å². The molecule has 0 aromatic rings. The van der Waals surface area contributed by atoms with Gasteiger partial charge in [0.1, 0.15) is 6.54 Å². The molecule has 1 unspecified atom stereocenters. The van der Waals surface area contributed by atoms with Crippen molar-refractivity contribution in [1.82, 2.24) is 16.0 Å². The summed E-state index contributed by atoms with van der Waals surface area (Å²) in [6.07, 6.45) is 1.42. The highest BCUT2D eigenvalue weighted by molar-refractivity contribution is 5.86. The highest BCUT2D eigenvalue weighted by Crippen LogP contribution is 2.23. The number of hydrogen-bond acceptors (Lipinski definition) is 4. The first kappa shape index (κ1) is 16.2. The van der Waals surface area contributed by atoms with Crippen molar-refractivity contribution in [1.29, 1.82) is 0 Å². The lowest BCUT2D eigenvalue weighted by molar-refractivity contribution is -0.137. The smallest absolute Gasteiger partial charge is 0.322 e. The number of carbonyl (C=O) groups excluding carboxylic acids is 2. The molecule has 0 bridgehead atoms. The first-order chi connectivity index (χ1) is 9.28. The van der Waals surface area contributed by atoms with Crippen LogP contribution in [0.3, 0.4) is 0 Å². The van der Waals surface area contributed by atoms with E-state index in [4.69, 9.17) is 9.84 Å². The molecule has 0 radical (unpaired) electrons. The normalized spacial score (nSPS) is 20.8. The second kappa shape index (κ2) is 7.09. The number of carboxylic acid groups (broad SMARTS) is 1. The van der Waals surface area contributed by atoms with Crippen LogP contribution < -0.4 is 16.0 Å². The van der Waals surface area contributed by atoms with Gasteiger partial charge in [-0.3, -0.25) is 9.59 Å². The van der Waals surface area contributed by atoms with Crippen LogP contribution in [-0.2, 0) is 14.3 Å². The standard InChI is InChI=1S/C12H21N3O5/c1-12(2)5-8(3-4-20-12)15-11(19)14-6-9(16)13-7-10(17)18/h8H,3-7H2,1-2H3,(H,13,16)(H,17,18)(H2,14,15,19). The third-order valence-corrected chi connectivity index (χ3v) is 2.88. The fraction of sp³-hybridized carbons (Fsp3) is 0.750. The third-order valence-electron chi connectivity index (χ3n) is 2.88. The van der Waals surface area contributed by atoms with Crippen molar-refractivity contribution in [2.24, 2.45) is 0 Å². The first-order valence-corrected chi connectivity index (χ1v) is 6.45. The SMILES string of the molecule is CC1(C)CC(NC(=O)NCC(=O)NCC(=O)O)CCO1. The summed E-state index contributed by atoms with van der Waals surface area (Å²) in [6, 6.07) is -0.445. The van der Waals surface area contributed by atoms with E-state index in [1.54, 1.807) is 0 Å². The van der Waals surface area contributed by atoms with Crippen LogP contribution in [0.15, 0.2) is 0 Å². The van der Waals surface area contributed by atoms with Crippen molar-refractivity contribution in [2.45, 2.75) is 38.3 Å². The molecule has 1 fully saturated rings. The lowest BCUT2D eigenvalue weighted by Gasteiger charge is -2.35. The van der Waals surface area contributed by atoms with Crippen LogP contribution in [0.5, 0.6) is 0 Å². The molecule has 0 saturated carbocycles. The molecular weight excluding hydrogens is 266 g/mol. The molecule has 4 N–H and O–H groups in total. The van der Waals surface area contributed by atoms with E-state index in [0.717, 1.165) is 6.42 Å². The second-order valence-electron chi connectivity index (χ2n) is 5.30. The van der Waals surface area contributed by atoms with Gasteiger partial charge < -0.3 is 25.8 Å². The molecule has 1 heterocycles. The minimum Gasteiger partial charge on any atom is -0.480 e. The predicted octanol–water partition coefficient (Wildman–Crippen LogP) is -0.556. The molecule has 1 aliphatic rings. The minimum atomic E-state index is -1.13. The zero-order chi connectivity index (χ0) is 15.2. The van der Waals surface area contributed by atoms with E-state index in [1.807, 2.05) is 13.8 Å². The van der Waals surface area contributed by atoms with Gasteiger partial charge >= 0.3 is 12.0 Å². The third kappa shape index (κ3) is 6.37. The van der Waals surface area contributed by atoms with E-state index < -0.39 is 24.5 Å². The van der Waals surface area contributed by atoms with Gasteiger partial charge in [0.05, 0.1) is 12.1 Å². The average Bonchev–Trinajstić information content (AvgIpc) is 2.32. The molecule has 0 aromatic carbocycles. The Balaban J connectivity index is 2.23. The number of ether oxygens (including phenoxy) is 1. The van der Waals surface area contributed by atoms with Gasteiger partial charge in [-0.2, -0.15) is 0 Å². The molecule has 8 nitrogen and oxygen atoms in total. The highest BCUT2D eigenvalue weighted by Gasteiger charge is 2.29. The summed E-state index contributed by atoms with van der Waals surface area (Å²) in [5.74, 6) is -1.68. The topological polar surface area (TPSA) is 117 Å². The molecule has 1 saturated heterocycles. The van der Waals surface area contributed by atoms with Crippen molar-refractivity contribution in [3.8, 4) is 0 Å². The summed E-state index contributed by atoms with van der Waals surface area (Å²) in [5, 5.41) is 15.7. The number of carboxylic acids is 1. The summed E-state index contributed by atoms with van der Waals surface area (Å²) >= 11 is 0. The molecule has 0 spiro atoms. The maximum absolute atomic E-state index is 11.6.